The van der Waals surface area contributed by atoms with E-state index in [0.29, 0.717) is 10.0 Å². The summed E-state index contributed by atoms with van der Waals surface area (Å²) in [7, 11) is 0. The van der Waals surface area contributed by atoms with Crippen molar-refractivity contribution in [2.45, 2.75) is 18.5 Å². The van der Waals surface area contributed by atoms with Gasteiger partial charge < -0.3 is 9.88 Å². The number of hydrogen-bond donors (Lipinski definition) is 1. The van der Waals surface area contributed by atoms with E-state index in [-0.39, 0.29) is 12.1 Å². The van der Waals surface area contributed by atoms with Gasteiger partial charge in [0.2, 0.25) is 5.95 Å². The number of imidazole rings is 1. The van der Waals surface area contributed by atoms with Crippen LogP contribution in [0.15, 0.2) is 72.8 Å². The number of para-hydroxylation sites is 2. The summed E-state index contributed by atoms with van der Waals surface area (Å²) in [4.78, 5) is 4.83. The minimum absolute atomic E-state index is 0.0000520. The zero-order valence-corrected chi connectivity index (χ0v) is 16.0. The summed E-state index contributed by atoms with van der Waals surface area (Å²) in [6, 6.07) is 24.4. The van der Waals surface area contributed by atoms with Crippen molar-refractivity contribution in [1.29, 1.82) is 0 Å². The van der Waals surface area contributed by atoms with Gasteiger partial charge in [-0.05, 0) is 36.2 Å². The summed E-state index contributed by atoms with van der Waals surface area (Å²) in [5.41, 5.74) is 4.21. The van der Waals surface area contributed by atoms with Gasteiger partial charge in [0.25, 0.3) is 0 Å². The second kappa shape index (κ2) is 6.59. The molecule has 1 aliphatic heterocycles. The van der Waals surface area contributed by atoms with Crippen molar-refractivity contribution in [2.24, 2.45) is 0 Å². The van der Waals surface area contributed by atoms with Gasteiger partial charge >= 0.3 is 0 Å². The molecular weight excluding hydrogens is 377 g/mol. The van der Waals surface area contributed by atoms with Gasteiger partial charge in [-0.25, -0.2) is 4.98 Å². The van der Waals surface area contributed by atoms with Gasteiger partial charge in [-0.2, -0.15) is 0 Å². The lowest BCUT2D eigenvalue weighted by Crippen LogP contribution is -2.27. The Hall–Kier alpha value is -2.49. The number of halogens is 2. The SMILES string of the molecule is Clc1cccc(Cl)c1C1CC(c2ccccc2)Nc2nc3ccccc3n21. The second-order valence-corrected chi connectivity index (χ2v) is 7.60. The highest BCUT2D eigenvalue weighted by atomic mass is 35.5. The van der Waals surface area contributed by atoms with E-state index in [1.807, 2.05) is 42.5 Å². The second-order valence-electron chi connectivity index (χ2n) is 6.79. The predicted molar refractivity (Wildman–Crippen MR) is 112 cm³/mol. The van der Waals surface area contributed by atoms with Crippen molar-refractivity contribution in [3.05, 3.63) is 94.0 Å². The molecule has 1 aromatic heterocycles. The minimum atomic E-state index is 0.0000520. The molecule has 0 spiro atoms. The van der Waals surface area contributed by atoms with Crippen LogP contribution in [-0.2, 0) is 0 Å². The van der Waals surface area contributed by atoms with Gasteiger partial charge in [0, 0.05) is 15.6 Å². The molecule has 0 amide bonds. The van der Waals surface area contributed by atoms with Crippen LogP contribution < -0.4 is 5.32 Å². The number of benzene rings is 3. The van der Waals surface area contributed by atoms with E-state index < -0.39 is 0 Å². The normalized spacial score (nSPS) is 18.9. The molecule has 1 N–H and O–H groups in total. The van der Waals surface area contributed by atoms with E-state index in [1.54, 1.807) is 0 Å². The lowest BCUT2D eigenvalue weighted by molar-refractivity contribution is 0.478. The van der Waals surface area contributed by atoms with E-state index in [4.69, 9.17) is 28.2 Å². The first kappa shape index (κ1) is 16.7. The Morgan fingerprint density at radius 1 is 0.852 bits per heavy atom. The van der Waals surface area contributed by atoms with E-state index in [1.165, 1.54) is 5.56 Å². The van der Waals surface area contributed by atoms with Gasteiger partial charge in [0.1, 0.15) is 0 Å². The van der Waals surface area contributed by atoms with Crippen LogP contribution in [0.4, 0.5) is 5.95 Å². The fourth-order valence-electron chi connectivity index (χ4n) is 3.99. The average Bonchev–Trinajstić information content (AvgIpc) is 3.07. The number of rotatable bonds is 2. The van der Waals surface area contributed by atoms with Crippen molar-refractivity contribution in [3.8, 4) is 0 Å². The van der Waals surface area contributed by atoms with Gasteiger partial charge in [-0.3, -0.25) is 0 Å². The number of fused-ring (bicyclic) bond motifs is 3. The molecule has 4 aromatic rings. The Labute approximate surface area is 167 Å². The quantitative estimate of drug-likeness (QED) is 0.421. The summed E-state index contributed by atoms with van der Waals surface area (Å²) in [6.07, 6.45) is 0.834. The van der Waals surface area contributed by atoms with Crippen LogP contribution in [0.2, 0.25) is 10.0 Å². The lowest BCUT2D eigenvalue weighted by Gasteiger charge is -2.34. The topological polar surface area (TPSA) is 29.9 Å². The molecule has 0 radical (unpaired) electrons. The zero-order chi connectivity index (χ0) is 18.4. The van der Waals surface area contributed by atoms with Gasteiger partial charge in [-0.15, -0.1) is 0 Å². The number of hydrogen-bond acceptors (Lipinski definition) is 2. The molecular formula is C22H17Cl2N3. The molecule has 134 valence electrons. The molecule has 1 aliphatic rings. The highest BCUT2D eigenvalue weighted by Crippen LogP contribution is 2.44. The number of anilines is 1. The first-order chi connectivity index (χ1) is 13.2. The molecule has 0 saturated heterocycles. The van der Waals surface area contributed by atoms with Crippen molar-refractivity contribution in [2.75, 3.05) is 5.32 Å². The van der Waals surface area contributed by atoms with Gasteiger partial charge in [-0.1, -0.05) is 71.7 Å². The molecule has 2 atom stereocenters. The fourth-order valence-corrected chi connectivity index (χ4v) is 4.64. The third kappa shape index (κ3) is 2.78. The standard InChI is InChI=1S/C22H17Cl2N3/c23-15-9-6-10-16(24)21(15)20-13-18(14-7-2-1-3-8-14)26-22-25-17-11-4-5-12-19(17)27(20)22/h1-12,18,20H,13H2,(H,25,26). The van der Waals surface area contributed by atoms with Crippen LogP contribution in [0.25, 0.3) is 11.0 Å². The molecule has 0 saturated carbocycles. The third-order valence-electron chi connectivity index (χ3n) is 5.20. The first-order valence-corrected chi connectivity index (χ1v) is 9.70. The molecule has 0 bridgehead atoms. The molecule has 3 aromatic carbocycles. The van der Waals surface area contributed by atoms with Crippen LogP contribution in [0.1, 0.15) is 29.6 Å². The van der Waals surface area contributed by atoms with Gasteiger partial charge in [0.05, 0.1) is 23.1 Å². The Balaban J connectivity index is 1.73. The Kier molecular flexibility index (Phi) is 4.07. The Morgan fingerprint density at radius 3 is 2.33 bits per heavy atom. The van der Waals surface area contributed by atoms with Crippen molar-refractivity contribution in [3.63, 3.8) is 0 Å². The van der Waals surface area contributed by atoms with E-state index in [0.717, 1.165) is 29.0 Å². The average molecular weight is 394 g/mol. The lowest BCUT2D eigenvalue weighted by atomic mass is 9.92. The smallest absolute Gasteiger partial charge is 0.204 e. The Bertz CT molecular complexity index is 1100. The highest BCUT2D eigenvalue weighted by Gasteiger charge is 2.33. The first-order valence-electron chi connectivity index (χ1n) is 8.95. The van der Waals surface area contributed by atoms with Crippen LogP contribution in [-0.4, -0.2) is 9.55 Å². The molecule has 27 heavy (non-hydrogen) atoms. The van der Waals surface area contributed by atoms with Crippen LogP contribution in [0, 0.1) is 0 Å². The monoisotopic (exact) mass is 393 g/mol. The van der Waals surface area contributed by atoms with Crippen molar-refractivity contribution in [1.82, 2.24) is 9.55 Å². The molecule has 2 heterocycles. The Morgan fingerprint density at radius 2 is 1.56 bits per heavy atom. The zero-order valence-electron chi connectivity index (χ0n) is 14.4. The maximum absolute atomic E-state index is 6.60. The van der Waals surface area contributed by atoms with Crippen LogP contribution in [0.3, 0.4) is 0 Å². The van der Waals surface area contributed by atoms with Crippen molar-refractivity contribution < 1.29 is 0 Å². The maximum atomic E-state index is 6.60. The summed E-state index contributed by atoms with van der Waals surface area (Å²) in [5, 5.41) is 4.98. The van der Waals surface area contributed by atoms with E-state index in [9.17, 15) is 0 Å². The number of nitrogens with one attached hydrogen (secondary N) is 1. The maximum Gasteiger partial charge on any atom is 0.204 e. The molecule has 3 nitrogen and oxygen atoms in total. The molecule has 0 aliphatic carbocycles. The highest BCUT2D eigenvalue weighted by molar-refractivity contribution is 6.36. The summed E-state index contributed by atoms with van der Waals surface area (Å²) in [6.45, 7) is 0. The summed E-state index contributed by atoms with van der Waals surface area (Å²) in [5.74, 6) is 0.845. The summed E-state index contributed by atoms with van der Waals surface area (Å²) >= 11 is 13.2. The molecule has 2 unspecified atom stereocenters. The van der Waals surface area contributed by atoms with Gasteiger partial charge in [0.15, 0.2) is 0 Å². The van der Waals surface area contributed by atoms with E-state index in [2.05, 4.69) is 40.2 Å². The molecule has 5 rings (SSSR count). The summed E-state index contributed by atoms with van der Waals surface area (Å²) < 4.78 is 2.22. The molecule has 0 fully saturated rings. The largest absolute Gasteiger partial charge is 0.349 e. The van der Waals surface area contributed by atoms with Crippen LogP contribution >= 0.6 is 23.2 Å². The predicted octanol–water partition coefficient (Wildman–Crippen LogP) is 6.49. The molecule has 5 heteroatoms. The van der Waals surface area contributed by atoms with Crippen molar-refractivity contribution >= 4 is 40.2 Å². The number of nitrogens with zero attached hydrogens (tertiary/aromatic N) is 2. The third-order valence-corrected chi connectivity index (χ3v) is 5.86. The van der Waals surface area contributed by atoms with E-state index >= 15 is 0 Å². The van der Waals surface area contributed by atoms with Crippen LogP contribution in [0.5, 0.6) is 0 Å². The number of aromatic nitrogens is 2. The minimum Gasteiger partial charge on any atom is -0.349 e. The fraction of sp³-hybridized carbons (Fsp3) is 0.136.